The van der Waals surface area contributed by atoms with Gasteiger partial charge in [0.2, 0.25) is 0 Å². The molecule has 0 amide bonds. The maximum Gasteiger partial charge on any atom is 0.0646 e. The van der Waals surface area contributed by atoms with Crippen molar-refractivity contribution in [3.05, 3.63) is 31.7 Å². The molecule has 1 aromatic heterocycles. The second kappa shape index (κ2) is 3.93. The lowest BCUT2D eigenvalue weighted by atomic mass is 10.2. The Kier molecular flexibility index (Phi) is 3.03. The smallest absolute Gasteiger partial charge is 0.0646 e. The van der Waals surface area contributed by atoms with Crippen molar-refractivity contribution < 1.29 is 0 Å². The first-order valence-electron chi connectivity index (χ1n) is 3.65. The van der Waals surface area contributed by atoms with Gasteiger partial charge in [-0.15, -0.1) is 22.9 Å². The average molecular weight is 343 g/mol. The minimum atomic E-state index is 0.494. The maximum atomic E-state index is 6.18. The van der Waals surface area contributed by atoms with Crippen molar-refractivity contribution in [2.24, 2.45) is 0 Å². The summed E-state index contributed by atoms with van der Waals surface area (Å²) in [4.78, 5) is 1.06. The van der Waals surface area contributed by atoms with Gasteiger partial charge in [-0.3, -0.25) is 0 Å². The van der Waals surface area contributed by atoms with Crippen LogP contribution in [0.1, 0.15) is 4.88 Å². The molecule has 1 aromatic carbocycles. The van der Waals surface area contributed by atoms with E-state index in [2.05, 4.69) is 34.7 Å². The zero-order valence-electron chi connectivity index (χ0n) is 6.48. The summed E-state index contributed by atoms with van der Waals surface area (Å²) < 4.78 is 2.40. The monoisotopic (exact) mass is 342 g/mol. The summed E-state index contributed by atoms with van der Waals surface area (Å²) in [6.45, 7) is 0. The number of benzene rings is 1. The Bertz CT molecular complexity index is 450. The molecule has 0 atom stereocenters. The number of halogens is 3. The molecule has 0 radical (unpaired) electrons. The van der Waals surface area contributed by atoms with Gasteiger partial charge in [0.1, 0.15) is 0 Å². The van der Waals surface area contributed by atoms with E-state index in [1.807, 2.05) is 6.07 Å². The molecule has 0 nitrogen and oxygen atoms in total. The molecule has 0 bridgehead atoms. The van der Waals surface area contributed by atoms with E-state index in [1.165, 1.54) is 8.27 Å². The van der Waals surface area contributed by atoms with Gasteiger partial charge in [0.15, 0.2) is 0 Å². The van der Waals surface area contributed by atoms with Crippen molar-refractivity contribution in [1.82, 2.24) is 0 Å². The highest BCUT2D eigenvalue weighted by Gasteiger charge is 2.10. The van der Waals surface area contributed by atoms with E-state index < -0.39 is 0 Å². The Morgan fingerprint density at radius 3 is 2.77 bits per heavy atom. The van der Waals surface area contributed by atoms with Crippen LogP contribution in [-0.4, -0.2) is 0 Å². The van der Waals surface area contributed by atoms with Gasteiger partial charge >= 0.3 is 0 Å². The molecule has 0 fully saturated rings. The molecule has 1 heterocycles. The molecule has 0 aliphatic rings. The van der Waals surface area contributed by atoms with Crippen LogP contribution in [0.3, 0.4) is 0 Å². The summed E-state index contributed by atoms with van der Waals surface area (Å²) in [5.41, 5.74) is 0. The highest BCUT2D eigenvalue weighted by atomic mass is 127. The van der Waals surface area contributed by atoms with E-state index in [0.717, 1.165) is 15.3 Å². The predicted molar refractivity (Wildman–Crippen MR) is 69.1 cm³/mol. The van der Waals surface area contributed by atoms with Crippen LogP contribution in [0.25, 0.3) is 10.1 Å². The van der Waals surface area contributed by atoms with E-state index >= 15 is 0 Å². The Morgan fingerprint density at radius 1 is 1.38 bits per heavy atom. The molecular weight excluding hydrogens is 338 g/mol. The molecule has 0 saturated carbocycles. The molecule has 0 N–H and O–H groups in total. The van der Waals surface area contributed by atoms with Crippen LogP contribution in [0.4, 0.5) is 0 Å². The topological polar surface area (TPSA) is 0 Å². The second-order valence-electron chi connectivity index (χ2n) is 2.59. The van der Waals surface area contributed by atoms with Crippen LogP contribution in [0, 0.1) is 3.57 Å². The van der Waals surface area contributed by atoms with E-state index in [-0.39, 0.29) is 0 Å². The Balaban J connectivity index is 2.85. The largest absolute Gasteiger partial charge is 0.137 e. The van der Waals surface area contributed by atoms with Crippen LogP contribution in [0.15, 0.2) is 18.2 Å². The van der Waals surface area contributed by atoms with Gasteiger partial charge in [-0.05, 0) is 34.7 Å². The number of fused-ring (bicyclic) bond motifs is 1. The van der Waals surface area contributed by atoms with Gasteiger partial charge < -0.3 is 0 Å². The molecule has 0 unspecified atom stereocenters. The highest BCUT2D eigenvalue weighted by molar-refractivity contribution is 14.1. The third-order valence-corrected chi connectivity index (χ3v) is 4.80. The number of alkyl halides is 1. The predicted octanol–water partition coefficient (Wildman–Crippen LogP) is 4.90. The summed E-state index contributed by atoms with van der Waals surface area (Å²) in [5, 5.41) is 1.96. The van der Waals surface area contributed by atoms with Crippen LogP contribution in [0.2, 0.25) is 5.02 Å². The van der Waals surface area contributed by atoms with E-state index in [1.54, 1.807) is 11.3 Å². The van der Waals surface area contributed by atoms with E-state index in [0.29, 0.717) is 5.88 Å². The van der Waals surface area contributed by atoms with Crippen molar-refractivity contribution in [2.45, 2.75) is 5.88 Å². The Hall–Kier alpha value is 0.490. The fourth-order valence-corrected chi connectivity index (χ4v) is 4.10. The maximum absolute atomic E-state index is 6.18. The van der Waals surface area contributed by atoms with Crippen molar-refractivity contribution in [1.29, 1.82) is 0 Å². The lowest BCUT2D eigenvalue weighted by Gasteiger charge is -1.93. The van der Waals surface area contributed by atoms with Crippen molar-refractivity contribution >= 4 is 67.2 Å². The first-order valence-corrected chi connectivity index (χ1v) is 6.46. The molecule has 0 spiro atoms. The van der Waals surface area contributed by atoms with Crippen LogP contribution >= 0.6 is 57.1 Å². The van der Waals surface area contributed by atoms with Crippen LogP contribution in [-0.2, 0) is 5.88 Å². The summed E-state index contributed by atoms with van der Waals surface area (Å²) in [6.07, 6.45) is 0. The van der Waals surface area contributed by atoms with Gasteiger partial charge in [0.25, 0.3) is 0 Å². The average Bonchev–Trinajstić information content (AvgIpc) is 2.44. The van der Waals surface area contributed by atoms with Crippen LogP contribution < -0.4 is 0 Å². The van der Waals surface area contributed by atoms with Gasteiger partial charge in [0.05, 0.1) is 10.9 Å². The third-order valence-electron chi connectivity index (χ3n) is 1.79. The number of hydrogen-bond acceptors (Lipinski definition) is 1. The van der Waals surface area contributed by atoms with E-state index in [4.69, 9.17) is 23.2 Å². The lowest BCUT2D eigenvalue weighted by molar-refractivity contribution is 1.54. The summed E-state index contributed by atoms with van der Waals surface area (Å²) in [6, 6.07) is 6.17. The van der Waals surface area contributed by atoms with Crippen LogP contribution in [0.5, 0.6) is 0 Å². The zero-order valence-corrected chi connectivity index (χ0v) is 11.0. The molecule has 2 rings (SSSR count). The lowest BCUT2D eigenvalue weighted by Crippen LogP contribution is -1.72. The van der Waals surface area contributed by atoms with Gasteiger partial charge in [0, 0.05) is 18.5 Å². The van der Waals surface area contributed by atoms with Crippen molar-refractivity contribution in [3.63, 3.8) is 0 Å². The van der Waals surface area contributed by atoms with Crippen molar-refractivity contribution in [3.8, 4) is 0 Å². The molecule has 0 aliphatic carbocycles. The number of rotatable bonds is 1. The minimum absolute atomic E-state index is 0.494. The second-order valence-corrected chi connectivity index (χ2v) is 5.53. The molecule has 0 saturated heterocycles. The fraction of sp³-hybridized carbons (Fsp3) is 0.111. The van der Waals surface area contributed by atoms with E-state index in [9.17, 15) is 0 Å². The first-order chi connectivity index (χ1) is 6.24. The normalized spacial score (nSPS) is 11.0. The van der Waals surface area contributed by atoms with Gasteiger partial charge in [-0.2, -0.15) is 0 Å². The number of hydrogen-bond donors (Lipinski definition) is 0. The Morgan fingerprint density at radius 2 is 2.15 bits per heavy atom. The fourth-order valence-electron chi connectivity index (χ4n) is 1.21. The third kappa shape index (κ3) is 1.69. The highest BCUT2D eigenvalue weighted by Crippen LogP contribution is 2.38. The molecule has 2 aromatic rings. The van der Waals surface area contributed by atoms with Crippen molar-refractivity contribution in [2.75, 3.05) is 0 Å². The van der Waals surface area contributed by atoms with Gasteiger partial charge in [-0.25, -0.2) is 0 Å². The SMILES string of the molecule is ClCc1sc2cccc(I)c2c1Cl. The molecule has 13 heavy (non-hydrogen) atoms. The Labute approximate surface area is 104 Å². The molecule has 68 valence electrons. The molecule has 4 heteroatoms. The molecule has 0 aliphatic heterocycles. The summed E-state index contributed by atoms with van der Waals surface area (Å²) >= 11 is 15.9. The van der Waals surface area contributed by atoms with Gasteiger partial charge in [-0.1, -0.05) is 17.7 Å². The molecular formula is C9H5Cl2IS. The number of thiophene rings is 1. The minimum Gasteiger partial charge on any atom is -0.137 e. The standard InChI is InChI=1S/C9H5Cl2IS/c10-4-7-9(11)8-5(12)2-1-3-6(8)13-7/h1-3H,4H2. The first kappa shape index (κ1) is 10.0. The quantitative estimate of drug-likeness (QED) is 0.511. The summed E-state index contributed by atoms with van der Waals surface area (Å²) in [7, 11) is 0. The zero-order chi connectivity index (χ0) is 9.42. The summed E-state index contributed by atoms with van der Waals surface area (Å²) in [5.74, 6) is 0.494.